The Morgan fingerprint density at radius 1 is 1.37 bits per heavy atom. The largest absolute Gasteiger partial charge is 0.480 e. The Balaban J connectivity index is 2.00. The van der Waals surface area contributed by atoms with Crippen molar-refractivity contribution in [1.82, 2.24) is 10.2 Å². The van der Waals surface area contributed by atoms with Crippen LogP contribution in [0.3, 0.4) is 0 Å². The van der Waals surface area contributed by atoms with Crippen LogP contribution in [-0.4, -0.2) is 66.0 Å². The molecule has 0 aromatic rings. The third-order valence-electron chi connectivity index (χ3n) is 3.06. The van der Waals surface area contributed by atoms with Crippen LogP contribution in [0.2, 0.25) is 0 Å². The molecule has 3 atom stereocenters. The lowest BCUT2D eigenvalue weighted by Crippen LogP contribution is -2.49. The summed E-state index contributed by atoms with van der Waals surface area (Å²) in [6.07, 6.45) is 0.437. The Hall–Kier alpha value is -1.61. The molecule has 8 nitrogen and oxygen atoms in total. The second kappa shape index (κ2) is 4.82. The Kier molecular flexibility index (Phi) is 3.50. The number of carbonyl (C=O) groups is 2. The second-order valence-corrected chi connectivity index (χ2v) is 6.54. The van der Waals surface area contributed by atoms with E-state index in [0.29, 0.717) is 0 Å². The molecule has 1 fully saturated rings. The average molecular weight is 290 g/mol. The van der Waals surface area contributed by atoms with Crippen LogP contribution in [0.5, 0.6) is 0 Å². The molecule has 0 aromatic heterocycles. The predicted molar refractivity (Wildman–Crippen MR) is 64.0 cm³/mol. The van der Waals surface area contributed by atoms with Gasteiger partial charge in [0.15, 0.2) is 9.84 Å². The maximum absolute atomic E-state index is 11.9. The van der Waals surface area contributed by atoms with Gasteiger partial charge in [-0.25, -0.2) is 18.0 Å². The maximum atomic E-state index is 11.9. The fourth-order valence-electron chi connectivity index (χ4n) is 2.18. The first kappa shape index (κ1) is 13.8. The van der Waals surface area contributed by atoms with Crippen molar-refractivity contribution in [3.8, 4) is 0 Å². The summed E-state index contributed by atoms with van der Waals surface area (Å²) in [7, 11) is -3.28. The van der Waals surface area contributed by atoms with Crippen molar-refractivity contribution in [2.24, 2.45) is 0 Å². The molecule has 0 bridgehead atoms. The Morgan fingerprint density at radius 3 is 2.58 bits per heavy atom. The monoisotopic (exact) mass is 290 g/mol. The molecule has 106 valence electrons. The number of urea groups is 1. The number of aliphatic carboxylic acids is 1. The zero-order valence-corrected chi connectivity index (χ0v) is 10.7. The van der Waals surface area contributed by atoms with E-state index in [1.807, 2.05) is 0 Å². The number of amides is 2. The molecule has 2 aliphatic rings. The summed E-state index contributed by atoms with van der Waals surface area (Å²) in [5, 5.41) is 21.8. The smallest absolute Gasteiger partial charge is 0.326 e. The van der Waals surface area contributed by atoms with Crippen LogP contribution >= 0.6 is 0 Å². The fourth-order valence-corrected chi connectivity index (χ4v) is 3.41. The molecular formula is C10H14N2O6S. The normalized spacial score (nSPS) is 32.5. The number of aliphatic hydroxyl groups is 1. The highest BCUT2D eigenvalue weighted by Gasteiger charge is 2.39. The van der Waals surface area contributed by atoms with E-state index in [1.165, 1.54) is 6.08 Å². The number of nitrogens with zero attached hydrogens (tertiary/aromatic N) is 1. The minimum absolute atomic E-state index is 0.0262. The molecule has 2 rings (SSSR count). The Bertz CT molecular complexity index is 528. The molecule has 1 saturated heterocycles. The van der Waals surface area contributed by atoms with Gasteiger partial charge in [-0.1, -0.05) is 0 Å². The van der Waals surface area contributed by atoms with Crippen LogP contribution in [0.25, 0.3) is 0 Å². The number of likely N-dealkylation sites (tertiary alicyclic amines) is 1. The number of hydrogen-bond acceptors (Lipinski definition) is 5. The molecule has 3 N–H and O–H groups in total. The van der Waals surface area contributed by atoms with Crippen LogP contribution < -0.4 is 5.32 Å². The van der Waals surface area contributed by atoms with Crippen molar-refractivity contribution in [2.45, 2.75) is 24.6 Å². The van der Waals surface area contributed by atoms with E-state index in [4.69, 9.17) is 5.11 Å². The Labute approximate surface area is 109 Å². The summed E-state index contributed by atoms with van der Waals surface area (Å²) < 4.78 is 22.4. The first-order chi connectivity index (χ1) is 8.78. The van der Waals surface area contributed by atoms with E-state index < -0.39 is 40.0 Å². The predicted octanol–water partition coefficient (Wildman–Crippen LogP) is -1.47. The highest BCUT2D eigenvalue weighted by Crippen LogP contribution is 2.19. The number of aliphatic hydroxyl groups excluding tert-OH is 1. The highest BCUT2D eigenvalue weighted by molar-refractivity contribution is 7.94. The molecule has 2 heterocycles. The van der Waals surface area contributed by atoms with Crippen molar-refractivity contribution >= 4 is 21.8 Å². The maximum Gasteiger partial charge on any atom is 0.326 e. The second-order valence-electron chi connectivity index (χ2n) is 4.61. The molecule has 0 radical (unpaired) electrons. The van der Waals surface area contributed by atoms with Crippen LogP contribution in [0.1, 0.15) is 6.42 Å². The van der Waals surface area contributed by atoms with Crippen molar-refractivity contribution in [3.63, 3.8) is 0 Å². The standard InChI is InChI=1S/C10H14N2O6S/c13-7-3-8(9(14)15)12(4-7)10(16)11-6-1-2-19(17,18)5-6/h1-2,6-8,13H,3-5H2,(H,11,16)(H,14,15)/t6?,7-,8-/m0/s1. The molecule has 0 spiro atoms. The van der Waals surface area contributed by atoms with Crippen LogP contribution in [0, 0.1) is 0 Å². The molecule has 2 amide bonds. The average Bonchev–Trinajstić information content (AvgIpc) is 2.82. The van der Waals surface area contributed by atoms with Crippen molar-refractivity contribution in [1.29, 1.82) is 0 Å². The zero-order valence-electron chi connectivity index (χ0n) is 9.89. The van der Waals surface area contributed by atoms with Gasteiger partial charge in [0.2, 0.25) is 0 Å². The Morgan fingerprint density at radius 2 is 2.05 bits per heavy atom. The quantitative estimate of drug-likeness (QED) is 0.570. The number of carboxylic acids is 1. The van der Waals surface area contributed by atoms with Gasteiger partial charge in [0.25, 0.3) is 0 Å². The van der Waals surface area contributed by atoms with Crippen molar-refractivity contribution in [3.05, 3.63) is 11.5 Å². The number of carboxylic acid groups (broad SMARTS) is 1. The first-order valence-electron chi connectivity index (χ1n) is 5.67. The topological polar surface area (TPSA) is 124 Å². The molecule has 0 aromatic carbocycles. The lowest BCUT2D eigenvalue weighted by atomic mass is 10.2. The van der Waals surface area contributed by atoms with E-state index in [-0.39, 0.29) is 18.7 Å². The van der Waals surface area contributed by atoms with Gasteiger partial charge in [0.1, 0.15) is 6.04 Å². The molecular weight excluding hydrogens is 276 g/mol. The van der Waals surface area contributed by atoms with Gasteiger partial charge < -0.3 is 20.4 Å². The van der Waals surface area contributed by atoms with Gasteiger partial charge >= 0.3 is 12.0 Å². The van der Waals surface area contributed by atoms with Crippen LogP contribution in [-0.2, 0) is 14.6 Å². The van der Waals surface area contributed by atoms with E-state index >= 15 is 0 Å². The van der Waals surface area contributed by atoms with Crippen LogP contribution in [0.15, 0.2) is 11.5 Å². The van der Waals surface area contributed by atoms with E-state index in [2.05, 4.69) is 5.32 Å². The number of carbonyl (C=O) groups excluding carboxylic acids is 1. The van der Waals surface area contributed by atoms with Crippen molar-refractivity contribution in [2.75, 3.05) is 12.3 Å². The third-order valence-corrected chi connectivity index (χ3v) is 4.46. The van der Waals surface area contributed by atoms with E-state index in [9.17, 15) is 23.1 Å². The minimum atomic E-state index is -3.28. The minimum Gasteiger partial charge on any atom is -0.480 e. The van der Waals surface area contributed by atoms with Gasteiger partial charge in [-0.2, -0.15) is 0 Å². The molecule has 9 heteroatoms. The lowest BCUT2D eigenvalue weighted by molar-refractivity contribution is -0.141. The summed E-state index contributed by atoms with van der Waals surface area (Å²) in [5.74, 6) is -1.42. The summed E-state index contributed by atoms with van der Waals surface area (Å²) in [6.45, 7) is -0.0774. The molecule has 19 heavy (non-hydrogen) atoms. The highest BCUT2D eigenvalue weighted by atomic mass is 32.2. The van der Waals surface area contributed by atoms with E-state index in [0.717, 1.165) is 10.3 Å². The van der Waals surface area contributed by atoms with Gasteiger partial charge in [0, 0.05) is 18.4 Å². The summed E-state index contributed by atoms with van der Waals surface area (Å²) in [5.41, 5.74) is 0. The van der Waals surface area contributed by atoms with Gasteiger partial charge in [0.05, 0.1) is 17.9 Å². The number of β-amino-alcohol motifs (C(OH)–C–C–N with tert-alkyl or cyclic N) is 1. The number of hydrogen-bond donors (Lipinski definition) is 3. The molecule has 0 saturated carbocycles. The third kappa shape index (κ3) is 3.04. The first-order valence-corrected chi connectivity index (χ1v) is 7.39. The summed E-state index contributed by atoms with van der Waals surface area (Å²) in [6, 6.07) is -2.43. The van der Waals surface area contributed by atoms with E-state index in [1.54, 1.807) is 0 Å². The van der Waals surface area contributed by atoms with Crippen molar-refractivity contribution < 1.29 is 28.2 Å². The molecule has 1 unspecified atom stereocenters. The van der Waals surface area contributed by atoms with Gasteiger partial charge in [-0.15, -0.1) is 0 Å². The summed E-state index contributed by atoms with van der Waals surface area (Å²) in [4.78, 5) is 23.8. The summed E-state index contributed by atoms with van der Waals surface area (Å²) >= 11 is 0. The lowest BCUT2D eigenvalue weighted by Gasteiger charge is -2.23. The molecule has 2 aliphatic heterocycles. The SMILES string of the molecule is O=C(O)[C@@H]1C[C@H](O)CN1C(=O)NC1C=CS(=O)(=O)C1. The number of rotatable bonds is 2. The van der Waals surface area contributed by atoms with Gasteiger partial charge in [-0.3, -0.25) is 0 Å². The zero-order chi connectivity index (χ0) is 14.2. The fraction of sp³-hybridized carbons (Fsp3) is 0.600. The van der Waals surface area contributed by atoms with Gasteiger partial charge in [-0.05, 0) is 6.08 Å². The molecule has 0 aliphatic carbocycles. The number of sulfone groups is 1. The number of nitrogens with one attached hydrogen (secondary N) is 1. The van der Waals surface area contributed by atoms with Crippen LogP contribution in [0.4, 0.5) is 4.79 Å².